The average molecular weight is 283 g/mol. The van der Waals surface area contributed by atoms with Crippen LogP contribution in [0.4, 0.5) is 4.39 Å². The molecule has 0 spiro atoms. The minimum atomic E-state index is -0.281. The van der Waals surface area contributed by atoms with Crippen LogP contribution in [0.15, 0.2) is 42.5 Å². The van der Waals surface area contributed by atoms with E-state index in [-0.39, 0.29) is 17.6 Å². The lowest BCUT2D eigenvalue weighted by molar-refractivity contribution is 0.0993. The van der Waals surface area contributed by atoms with E-state index in [0.29, 0.717) is 6.42 Å². The minimum absolute atomic E-state index is 0.0688. The van der Waals surface area contributed by atoms with E-state index in [1.807, 2.05) is 18.2 Å². The molecule has 2 nitrogen and oxygen atoms in total. The van der Waals surface area contributed by atoms with Crippen molar-refractivity contribution in [3.8, 4) is 0 Å². The van der Waals surface area contributed by atoms with E-state index in [1.54, 1.807) is 12.1 Å². The van der Waals surface area contributed by atoms with Crippen LogP contribution in [0, 0.1) is 5.82 Å². The molecule has 2 N–H and O–H groups in total. The molecule has 2 aromatic carbocycles. The Balaban J connectivity index is 1.77. The number of ketones is 1. The molecular formula is C18H18FNO. The van der Waals surface area contributed by atoms with E-state index in [2.05, 4.69) is 0 Å². The van der Waals surface area contributed by atoms with E-state index in [0.717, 1.165) is 30.4 Å². The molecule has 0 heterocycles. The van der Waals surface area contributed by atoms with E-state index in [9.17, 15) is 9.18 Å². The number of hydrogen-bond acceptors (Lipinski definition) is 2. The molecule has 0 fully saturated rings. The Kier molecular flexibility index (Phi) is 3.84. The summed E-state index contributed by atoms with van der Waals surface area (Å²) in [6, 6.07) is 12.2. The van der Waals surface area contributed by atoms with Crippen LogP contribution in [0.1, 0.15) is 33.5 Å². The molecule has 0 aliphatic heterocycles. The van der Waals surface area contributed by atoms with E-state index in [1.165, 1.54) is 23.3 Å². The number of carbonyl (C=O) groups excluding carboxylic acids is 1. The van der Waals surface area contributed by atoms with Crippen molar-refractivity contribution in [3.05, 3.63) is 70.5 Å². The summed E-state index contributed by atoms with van der Waals surface area (Å²) in [6.07, 6.45) is 3.11. The van der Waals surface area contributed by atoms with Crippen LogP contribution in [0.25, 0.3) is 0 Å². The first kappa shape index (κ1) is 14.0. The molecule has 0 radical (unpaired) electrons. The van der Waals surface area contributed by atoms with Gasteiger partial charge in [0.05, 0.1) is 0 Å². The van der Waals surface area contributed by atoms with Crippen molar-refractivity contribution in [2.45, 2.75) is 31.7 Å². The first-order valence-electron chi connectivity index (χ1n) is 7.27. The third-order valence-corrected chi connectivity index (χ3v) is 4.07. The van der Waals surface area contributed by atoms with Crippen LogP contribution in [0.3, 0.4) is 0 Å². The predicted molar refractivity (Wildman–Crippen MR) is 80.9 cm³/mol. The normalized spacial score (nSPS) is 17.3. The van der Waals surface area contributed by atoms with Crippen LogP contribution in [0.2, 0.25) is 0 Å². The second-order valence-electron chi connectivity index (χ2n) is 5.71. The predicted octanol–water partition coefficient (Wildman–Crippen LogP) is 3.07. The maximum atomic E-state index is 12.9. The Morgan fingerprint density at radius 1 is 1.14 bits per heavy atom. The molecule has 2 aromatic rings. The SMILES string of the molecule is NC1CCc2cc(C(=O)Cc3ccc(F)cc3)ccc2C1. The van der Waals surface area contributed by atoms with E-state index < -0.39 is 0 Å². The Morgan fingerprint density at radius 3 is 2.67 bits per heavy atom. The Hall–Kier alpha value is -2.00. The van der Waals surface area contributed by atoms with Crippen LogP contribution in [-0.4, -0.2) is 11.8 Å². The number of halogens is 1. The highest BCUT2D eigenvalue weighted by molar-refractivity contribution is 5.97. The van der Waals surface area contributed by atoms with Crippen molar-refractivity contribution < 1.29 is 9.18 Å². The quantitative estimate of drug-likeness (QED) is 0.880. The molecule has 0 saturated carbocycles. The van der Waals surface area contributed by atoms with Crippen molar-refractivity contribution in [1.29, 1.82) is 0 Å². The number of carbonyl (C=O) groups is 1. The van der Waals surface area contributed by atoms with Gasteiger partial charge in [0.2, 0.25) is 0 Å². The van der Waals surface area contributed by atoms with Gasteiger partial charge in [0.15, 0.2) is 5.78 Å². The minimum Gasteiger partial charge on any atom is -0.327 e. The summed E-state index contributed by atoms with van der Waals surface area (Å²) >= 11 is 0. The van der Waals surface area contributed by atoms with Crippen molar-refractivity contribution in [1.82, 2.24) is 0 Å². The Labute approximate surface area is 123 Å². The fourth-order valence-corrected chi connectivity index (χ4v) is 2.85. The van der Waals surface area contributed by atoms with Gasteiger partial charge in [0, 0.05) is 18.0 Å². The van der Waals surface area contributed by atoms with Gasteiger partial charge in [0.1, 0.15) is 5.82 Å². The summed E-state index contributed by atoms with van der Waals surface area (Å²) < 4.78 is 12.9. The molecule has 0 amide bonds. The van der Waals surface area contributed by atoms with Gasteiger partial charge in [-0.25, -0.2) is 4.39 Å². The molecule has 1 aliphatic carbocycles. The van der Waals surface area contributed by atoms with Crippen molar-refractivity contribution in [2.75, 3.05) is 0 Å². The fraction of sp³-hybridized carbons (Fsp3) is 0.278. The molecule has 0 aromatic heterocycles. The molecule has 1 aliphatic rings. The zero-order chi connectivity index (χ0) is 14.8. The fourth-order valence-electron chi connectivity index (χ4n) is 2.85. The lowest BCUT2D eigenvalue weighted by Crippen LogP contribution is -2.28. The topological polar surface area (TPSA) is 43.1 Å². The van der Waals surface area contributed by atoms with Crippen LogP contribution < -0.4 is 5.73 Å². The maximum absolute atomic E-state index is 12.9. The summed E-state index contributed by atoms with van der Waals surface area (Å²) in [7, 11) is 0. The third-order valence-electron chi connectivity index (χ3n) is 4.07. The second kappa shape index (κ2) is 5.78. The monoisotopic (exact) mass is 283 g/mol. The Bertz CT molecular complexity index is 663. The molecule has 0 saturated heterocycles. The largest absolute Gasteiger partial charge is 0.327 e. The zero-order valence-corrected chi connectivity index (χ0v) is 11.8. The van der Waals surface area contributed by atoms with Crippen LogP contribution >= 0.6 is 0 Å². The summed E-state index contributed by atoms with van der Waals surface area (Å²) in [5.41, 5.74) is 10.0. The van der Waals surface area contributed by atoms with E-state index >= 15 is 0 Å². The molecule has 3 rings (SSSR count). The van der Waals surface area contributed by atoms with Gasteiger partial charge in [-0.2, -0.15) is 0 Å². The summed E-state index contributed by atoms with van der Waals surface area (Å²) in [4.78, 5) is 12.3. The van der Waals surface area contributed by atoms with Crippen molar-refractivity contribution in [2.24, 2.45) is 5.73 Å². The maximum Gasteiger partial charge on any atom is 0.167 e. The lowest BCUT2D eigenvalue weighted by Gasteiger charge is -2.21. The molecule has 21 heavy (non-hydrogen) atoms. The van der Waals surface area contributed by atoms with Gasteiger partial charge in [-0.3, -0.25) is 4.79 Å². The highest BCUT2D eigenvalue weighted by Crippen LogP contribution is 2.22. The number of nitrogens with two attached hydrogens (primary N) is 1. The number of Topliss-reactive ketones (excluding diaryl/α,β-unsaturated/α-hetero) is 1. The molecule has 1 unspecified atom stereocenters. The van der Waals surface area contributed by atoms with Crippen LogP contribution in [0.5, 0.6) is 0 Å². The smallest absolute Gasteiger partial charge is 0.167 e. The number of aryl methyl sites for hydroxylation is 1. The number of rotatable bonds is 3. The zero-order valence-electron chi connectivity index (χ0n) is 11.8. The third kappa shape index (κ3) is 3.19. The summed E-state index contributed by atoms with van der Waals surface area (Å²) in [5, 5.41) is 0. The highest BCUT2D eigenvalue weighted by atomic mass is 19.1. The van der Waals surface area contributed by atoms with Gasteiger partial charge in [-0.15, -0.1) is 0 Å². The van der Waals surface area contributed by atoms with Gasteiger partial charge in [-0.1, -0.05) is 24.3 Å². The molecule has 108 valence electrons. The molecule has 3 heteroatoms. The molecule has 0 bridgehead atoms. The summed E-state index contributed by atoms with van der Waals surface area (Å²) in [5.74, 6) is -0.212. The standard InChI is InChI=1S/C18H18FNO/c19-16-6-1-12(2-7-16)9-18(21)15-4-3-14-11-17(20)8-5-13(14)10-15/h1-4,6-7,10,17H,5,8-9,11,20H2. The van der Waals surface area contributed by atoms with Gasteiger partial charge in [-0.05, 0) is 54.2 Å². The van der Waals surface area contributed by atoms with Crippen molar-refractivity contribution in [3.63, 3.8) is 0 Å². The van der Waals surface area contributed by atoms with Crippen molar-refractivity contribution >= 4 is 5.78 Å². The average Bonchev–Trinajstić information content (AvgIpc) is 2.49. The second-order valence-corrected chi connectivity index (χ2v) is 5.71. The highest BCUT2D eigenvalue weighted by Gasteiger charge is 2.17. The number of fused-ring (bicyclic) bond motifs is 1. The summed E-state index contributed by atoms with van der Waals surface area (Å²) in [6.45, 7) is 0. The Morgan fingerprint density at radius 2 is 1.90 bits per heavy atom. The van der Waals surface area contributed by atoms with E-state index in [4.69, 9.17) is 5.73 Å². The number of hydrogen-bond donors (Lipinski definition) is 1. The first-order chi connectivity index (χ1) is 10.1. The number of benzene rings is 2. The van der Waals surface area contributed by atoms with Crippen LogP contribution in [-0.2, 0) is 19.3 Å². The van der Waals surface area contributed by atoms with Gasteiger partial charge >= 0.3 is 0 Å². The first-order valence-corrected chi connectivity index (χ1v) is 7.27. The lowest BCUT2D eigenvalue weighted by atomic mass is 9.87. The van der Waals surface area contributed by atoms with Gasteiger partial charge in [0.25, 0.3) is 0 Å². The molecule has 1 atom stereocenters. The van der Waals surface area contributed by atoms with Gasteiger partial charge < -0.3 is 5.73 Å². The molecular weight excluding hydrogens is 265 g/mol.